The van der Waals surface area contributed by atoms with E-state index in [0.717, 1.165) is 44.1 Å². The van der Waals surface area contributed by atoms with E-state index in [1.165, 1.54) is 5.56 Å². The molecule has 1 aromatic heterocycles. The second-order valence-corrected chi connectivity index (χ2v) is 6.60. The summed E-state index contributed by atoms with van der Waals surface area (Å²) in [6, 6.07) is 13.1. The topological polar surface area (TPSA) is 47.3 Å². The van der Waals surface area contributed by atoms with Crippen LogP contribution in [0.3, 0.4) is 0 Å². The molecule has 1 saturated heterocycles. The summed E-state index contributed by atoms with van der Waals surface area (Å²) in [4.78, 5) is 0. The molecule has 2 heterocycles. The summed E-state index contributed by atoms with van der Waals surface area (Å²) in [7, 11) is 0. The third-order valence-corrected chi connectivity index (χ3v) is 4.69. The zero-order valence-electron chi connectivity index (χ0n) is 14.0. The van der Waals surface area contributed by atoms with Crippen molar-refractivity contribution in [3.63, 3.8) is 0 Å². The SMILES string of the molecule is Cc1cc(C[C@@H]2COC[C@H]2NCCC(C)c2ccccc2)on1. The molecule has 1 N–H and O–H groups in total. The maximum atomic E-state index is 5.67. The zero-order chi connectivity index (χ0) is 16.1. The van der Waals surface area contributed by atoms with E-state index in [1.807, 2.05) is 13.0 Å². The van der Waals surface area contributed by atoms with Gasteiger partial charge in [0.2, 0.25) is 0 Å². The van der Waals surface area contributed by atoms with Crippen LogP contribution in [0.25, 0.3) is 0 Å². The van der Waals surface area contributed by atoms with Crippen molar-refractivity contribution in [2.75, 3.05) is 19.8 Å². The average Bonchev–Trinajstić information content (AvgIpc) is 3.18. The van der Waals surface area contributed by atoms with Gasteiger partial charge >= 0.3 is 0 Å². The molecule has 0 amide bonds. The molecule has 124 valence electrons. The predicted octanol–water partition coefficient (Wildman–Crippen LogP) is 3.32. The fraction of sp³-hybridized carbons (Fsp3) is 0.526. The van der Waals surface area contributed by atoms with E-state index in [-0.39, 0.29) is 0 Å². The molecule has 23 heavy (non-hydrogen) atoms. The molecule has 0 aliphatic carbocycles. The van der Waals surface area contributed by atoms with Crippen LogP contribution < -0.4 is 5.32 Å². The summed E-state index contributed by atoms with van der Waals surface area (Å²) in [6.45, 7) is 6.84. The molecule has 1 fully saturated rings. The van der Waals surface area contributed by atoms with Gasteiger partial charge < -0.3 is 14.6 Å². The Kier molecular flexibility index (Phi) is 5.47. The Hall–Kier alpha value is -1.65. The molecule has 1 aliphatic rings. The van der Waals surface area contributed by atoms with Crippen LogP contribution in [0.4, 0.5) is 0 Å². The van der Waals surface area contributed by atoms with Crippen LogP contribution in [0, 0.1) is 12.8 Å². The fourth-order valence-electron chi connectivity index (χ4n) is 3.23. The molecule has 1 aromatic carbocycles. The highest BCUT2D eigenvalue weighted by molar-refractivity contribution is 5.18. The molecule has 0 spiro atoms. The fourth-order valence-corrected chi connectivity index (χ4v) is 3.23. The molecule has 1 aliphatic heterocycles. The number of nitrogens with zero attached hydrogens (tertiary/aromatic N) is 1. The molecule has 1 unspecified atom stereocenters. The molecule has 0 radical (unpaired) electrons. The van der Waals surface area contributed by atoms with E-state index >= 15 is 0 Å². The van der Waals surface area contributed by atoms with Crippen LogP contribution in [0.2, 0.25) is 0 Å². The molecular formula is C19H26N2O2. The van der Waals surface area contributed by atoms with Gasteiger partial charge in [-0.25, -0.2) is 0 Å². The van der Waals surface area contributed by atoms with Crippen LogP contribution in [0.1, 0.15) is 36.3 Å². The van der Waals surface area contributed by atoms with Crippen LogP contribution in [-0.2, 0) is 11.2 Å². The second-order valence-electron chi connectivity index (χ2n) is 6.60. The summed E-state index contributed by atoms with van der Waals surface area (Å²) in [5.41, 5.74) is 2.35. The molecule has 2 aromatic rings. The Morgan fingerprint density at radius 1 is 1.26 bits per heavy atom. The Morgan fingerprint density at radius 2 is 2.09 bits per heavy atom. The minimum Gasteiger partial charge on any atom is -0.379 e. The summed E-state index contributed by atoms with van der Waals surface area (Å²) in [5, 5.41) is 7.64. The van der Waals surface area contributed by atoms with Crippen LogP contribution in [0.15, 0.2) is 40.9 Å². The first-order valence-corrected chi connectivity index (χ1v) is 8.50. The standard InChI is InChI=1S/C19H26N2O2/c1-14(16-6-4-3-5-7-16)8-9-20-19-13-22-12-17(19)11-18-10-15(2)21-23-18/h3-7,10,14,17,19-20H,8-9,11-13H2,1-2H3/t14?,17-,19-/m1/s1. The first kappa shape index (κ1) is 16.2. The maximum absolute atomic E-state index is 5.67. The summed E-state index contributed by atoms with van der Waals surface area (Å²) in [6.07, 6.45) is 2.03. The van der Waals surface area contributed by atoms with Gasteiger partial charge in [-0.15, -0.1) is 0 Å². The number of aryl methyl sites for hydroxylation is 1. The van der Waals surface area contributed by atoms with E-state index < -0.39 is 0 Å². The van der Waals surface area contributed by atoms with Gasteiger partial charge in [0, 0.05) is 24.4 Å². The van der Waals surface area contributed by atoms with Crippen molar-refractivity contribution in [3.8, 4) is 0 Å². The largest absolute Gasteiger partial charge is 0.379 e. The van der Waals surface area contributed by atoms with E-state index in [4.69, 9.17) is 9.26 Å². The average molecular weight is 314 g/mol. The lowest BCUT2D eigenvalue weighted by Gasteiger charge is -2.19. The van der Waals surface area contributed by atoms with Crippen molar-refractivity contribution in [2.24, 2.45) is 5.92 Å². The van der Waals surface area contributed by atoms with Crippen molar-refractivity contribution in [2.45, 2.75) is 38.6 Å². The van der Waals surface area contributed by atoms with E-state index in [1.54, 1.807) is 0 Å². The number of nitrogens with one attached hydrogen (secondary N) is 1. The van der Waals surface area contributed by atoms with E-state index in [2.05, 4.69) is 47.7 Å². The van der Waals surface area contributed by atoms with Crippen LogP contribution >= 0.6 is 0 Å². The van der Waals surface area contributed by atoms with Gasteiger partial charge in [-0.05, 0) is 31.4 Å². The molecule has 4 heteroatoms. The minimum absolute atomic E-state index is 0.406. The lowest BCUT2D eigenvalue weighted by atomic mass is 9.96. The van der Waals surface area contributed by atoms with Gasteiger partial charge in [-0.2, -0.15) is 0 Å². The predicted molar refractivity (Wildman–Crippen MR) is 90.5 cm³/mol. The van der Waals surface area contributed by atoms with Gasteiger partial charge in [0.25, 0.3) is 0 Å². The first-order valence-electron chi connectivity index (χ1n) is 8.50. The number of ether oxygens (including phenoxy) is 1. The number of aromatic nitrogens is 1. The number of benzene rings is 1. The molecule has 3 rings (SSSR count). The molecular weight excluding hydrogens is 288 g/mol. The van der Waals surface area contributed by atoms with Gasteiger partial charge in [-0.1, -0.05) is 42.4 Å². The third-order valence-electron chi connectivity index (χ3n) is 4.69. The maximum Gasteiger partial charge on any atom is 0.137 e. The lowest BCUT2D eigenvalue weighted by Crippen LogP contribution is -2.37. The second kappa shape index (κ2) is 7.75. The molecule has 3 atom stereocenters. The quantitative estimate of drug-likeness (QED) is 0.851. The van der Waals surface area contributed by atoms with E-state index in [0.29, 0.717) is 17.9 Å². The highest BCUT2D eigenvalue weighted by Gasteiger charge is 2.29. The Morgan fingerprint density at radius 3 is 2.83 bits per heavy atom. The highest BCUT2D eigenvalue weighted by Crippen LogP contribution is 2.21. The lowest BCUT2D eigenvalue weighted by molar-refractivity contribution is 0.181. The monoisotopic (exact) mass is 314 g/mol. The van der Waals surface area contributed by atoms with Crippen molar-refractivity contribution >= 4 is 0 Å². The van der Waals surface area contributed by atoms with Crippen molar-refractivity contribution < 1.29 is 9.26 Å². The normalized spacial score (nSPS) is 22.3. The van der Waals surface area contributed by atoms with Gasteiger partial charge in [0.15, 0.2) is 0 Å². The first-order chi connectivity index (χ1) is 11.2. The van der Waals surface area contributed by atoms with Crippen LogP contribution in [0.5, 0.6) is 0 Å². The molecule has 0 saturated carbocycles. The smallest absolute Gasteiger partial charge is 0.137 e. The third kappa shape index (κ3) is 4.43. The minimum atomic E-state index is 0.406. The summed E-state index contributed by atoms with van der Waals surface area (Å²) in [5.74, 6) is 2.00. The molecule has 4 nitrogen and oxygen atoms in total. The zero-order valence-corrected chi connectivity index (χ0v) is 14.0. The highest BCUT2D eigenvalue weighted by atomic mass is 16.5. The number of rotatable bonds is 7. The van der Waals surface area contributed by atoms with Crippen molar-refractivity contribution in [1.82, 2.24) is 10.5 Å². The van der Waals surface area contributed by atoms with Gasteiger partial charge in [-0.3, -0.25) is 0 Å². The van der Waals surface area contributed by atoms with Gasteiger partial charge in [0.05, 0.1) is 18.9 Å². The summed E-state index contributed by atoms with van der Waals surface area (Å²) >= 11 is 0. The Labute approximate surface area is 138 Å². The molecule has 0 bridgehead atoms. The van der Waals surface area contributed by atoms with Crippen molar-refractivity contribution in [3.05, 3.63) is 53.4 Å². The Balaban J connectivity index is 1.45. The van der Waals surface area contributed by atoms with Crippen LogP contribution in [-0.4, -0.2) is 31.0 Å². The number of hydrogen-bond acceptors (Lipinski definition) is 4. The number of hydrogen-bond donors (Lipinski definition) is 1. The van der Waals surface area contributed by atoms with E-state index in [9.17, 15) is 0 Å². The van der Waals surface area contributed by atoms with Gasteiger partial charge in [0.1, 0.15) is 5.76 Å². The Bertz CT molecular complexity index is 596. The summed E-state index contributed by atoms with van der Waals surface area (Å²) < 4.78 is 11.0. The van der Waals surface area contributed by atoms with Crippen molar-refractivity contribution in [1.29, 1.82) is 0 Å².